The lowest BCUT2D eigenvalue weighted by Crippen LogP contribution is -2.13. The van der Waals surface area contributed by atoms with Crippen molar-refractivity contribution < 1.29 is 9.18 Å². The van der Waals surface area contributed by atoms with E-state index < -0.39 is 0 Å². The van der Waals surface area contributed by atoms with Gasteiger partial charge < -0.3 is 10.6 Å². The Morgan fingerprint density at radius 3 is 2.29 bits per heavy atom. The number of hydrogen-bond acceptors (Lipinski definition) is 3. The Morgan fingerprint density at radius 2 is 1.58 bits per heavy atom. The molecule has 2 aromatic carbocycles. The van der Waals surface area contributed by atoms with E-state index >= 15 is 0 Å². The van der Waals surface area contributed by atoms with Crippen LogP contribution in [0.2, 0.25) is 0 Å². The number of aromatic nitrogens is 1. The van der Waals surface area contributed by atoms with Gasteiger partial charge in [0, 0.05) is 27.7 Å². The number of amides is 1. The maximum atomic E-state index is 12.9. The summed E-state index contributed by atoms with van der Waals surface area (Å²) in [7, 11) is 0. The number of pyridine rings is 1. The number of hydrogen-bond donors (Lipinski definition) is 2. The van der Waals surface area contributed by atoms with Gasteiger partial charge in [0.05, 0.1) is 0 Å². The molecule has 2 N–H and O–H groups in total. The molecule has 0 bridgehead atoms. The number of carbonyl (C=O) groups excluding carboxylic acids is 1. The molecule has 24 heavy (non-hydrogen) atoms. The van der Waals surface area contributed by atoms with Crippen LogP contribution in [0.25, 0.3) is 0 Å². The highest BCUT2D eigenvalue weighted by molar-refractivity contribution is 9.10. The van der Waals surface area contributed by atoms with Gasteiger partial charge in [-0.2, -0.15) is 0 Å². The Hall–Kier alpha value is -2.73. The fourth-order valence-electron chi connectivity index (χ4n) is 2.06. The smallest absolute Gasteiger partial charge is 0.274 e. The lowest BCUT2D eigenvalue weighted by Gasteiger charge is -2.09. The molecule has 0 unspecified atom stereocenters. The van der Waals surface area contributed by atoms with Crippen molar-refractivity contribution in [3.05, 3.63) is 82.8 Å². The molecule has 0 radical (unpaired) electrons. The minimum atomic E-state index is -0.360. The van der Waals surface area contributed by atoms with E-state index in [0.717, 1.165) is 15.8 Å². The zero-order chi connectivity index (χ0) is 16.9. The molecule has 0 spiro atoms. The van der Waals surface area contributed by atoms with E-state index in [1.807, 2.05) is 24.3 Å². The summed E-state index contributed by atoms with van der Waals surface area (Å²) in [6, 6.07) is 16.7. The average Bonchev–Trinajstić information content (AvgIpc) is 2.59. The van der Waals surface area contributed by atoms with Crippen molar-refractivity contribution in [2.24, 2.45) is 0 Å². The third kappa shape index (κ3) is 4.17. The van der Waals surface area contributed by atoms with E-state index in [2.05, 4.69) is 31.5 Å². The predicted molar refractivity (Wildman–Crippen MR) is 96.0 cm³/mol. The van der Waals surface area contributed by atoms with Gasteiger partial charge >= 0.3 is 0 Å². The van der Waals surface area contributed by atoms with Crippen LogP contribution >= 0.6 is 15.9 Å². The molecule has 0 aliphatic carbocycles. The number of carbonyl (C=O) groups is 1. The van der Waals surface area contributed by atoms with Gasteiger partial charge in [0.15, 0.2) is 0 Å². The zero-order valence-corrected chi connectivity index (χ0v) is 14.0. The van der Waals surface area contributed by atoms with Crippen molar-refractivity contribution in [1.29, 1.82) is 0 Å². The minimum Gasteiger partial charge on any atom is -0.355 e. The Bertz CT molecular complexity index is 851. The first-order valence-corrected chi connectivity index (χ1v) is 7.95. The molecule has 0 fully saturated rings. The summed E-state index contributed by atoms with van der Waals surface area (Å²) in [6.45, 7) is 0. The van der Waals surface area contributed by atoms with Gasteiger partial charge in [0.1, 0.15) is 11.5 Å². The van der Waals surface area contributed by atoms with Gasteiger partial charge in [-0.3, -0.25) is 9.78 Å². The Balaban J connectivity index is 1.73. The molecule has 6 heteroatoms. The third-order valence-electron chi connectivity index (χ3n) is 3.23. The molecule has 0 saturated heterocycles. The van der Waals surface area contributed by atoms with E-state index in [-0.39, 0.29) is 17.4 Å². The fourth-order valence-corrected chi connectivity index (χ4v) is 2.33. The standard InChI is InChI=1S/C18H13BrFN3O/c19-12-1-5-14(6-2-12)22-16-9-10-21-17(11-16)18(24)23-15-7-3-13(20)4-8-15/h1-11H,(H,21,22)(H,23,24). The first-order chi connectivity index (χ1) is 11.6. The summed E-state index contributed by atoms with van der Waals surface area (Å²) in [5, 5.41) is 5.89. The summed E-state index contributed by atoms with van der Waals surface area (Å²) in [4.78, 5) is 16.3. The van der Waals surface area contributed by atoms with E-state index in [1.54, 1.807) is 18.3 Å². The number of benzene rings is 2. The van der Waals surface area contributed by atoms with Crippen molar-refractivity contribution >= 4 is 38.9 Å². The Kier molecular flexibility index (Phi) is 4.86. The summed E-state index contributed by atoms with van der Waals surface area (Å²) in [5.41, 5.74) is 2.42. The minimum absolute atomic E-state index is 0.265. The predicted octanol–water partition coefficient (Wildman–Crippen LogP) is 4.98. The summed E-state index contributed by atoms with van der Waals surface area (Å²) in [6.07, 6.45) is 1.56. The highest BCUT2D eigenvalue weighted by Gasteiger charge is 2.09. The Morgan fingerprint density at radius 1 is 0.917 bits per heavy atom. The first kappa shape index (κ1) is 16.1. The van der Waals surface area contributed by atoms with Crippen LogP contribution in [0.4, 0.5) is 21.5 Å². The van der Waals surface area contributed by atoms with Crippen LogP contribution in [0.5, 0.6) is 0 Å². The molecule has 120 valence electrons. The molecule has 0 aliphatic heterocycles. The molecular weight excluding hydrogens is 373 g/mol. The van der Waals surface area contributed by atoms with E-state index in [0.29, 0.717) is 5.69 Å². The lowest BCUT2D eigenvalue weighted by molar-refractivity contribution is 0.102. The SMILES string of the molecule is O=C(Nc1ccc(F)cc1)c1cc(Nc2ccc(Br)cc2)ccn1. The maximum absolute atomic E-state index is 12.9. The van der Waals surface area contributed by atoms with Crippen molar-refractivity contribution in [2.75, 3.05) is 10.6 Å². The van der Waals surface area contributed by atoms with Crippen LogP contribution in [0.3, 0.4) is 0 Å². The number of nitrogens with zero attached hydrogens (tertiary/aromatic N) is 1. The van der Waals surface area contributed by atoms with Crippen molar-refractivity contribution in [1.82, 2.24) is 4.98 Å². The third-order valence-corrected chi connectivity index (χ3v) is 3.76. The molecule has 3 aromatic rings. The van der Waals surface area contributed by atoms with Gasteiger partial charge in [0.25, 0.3) is 5.91 Å². The van der Waals surface area contributed by atoms with Gasteiger partial charge in [-0.25, -0.2) is 4.39 Å². The van der Waals surface area contributed by atoms with Crippen molar-refractivity contribution in [3.63, 3.8) is 0 Å². The van der Waals surface area contributed by atoms with Crippen LogP contribution in [-0.4, -0.2) is 10.9 Å². The van der Waals surface area contributed by atoms with Crippen molar-refractivity contribution in [3.8, 4) is 0 Å². The molecule has 0 aliphatic rings. The zero-order valence-electron chi connectivity index (χ0n) is 12.5. The topological polar surface area (TPSA) is 54.0 Å². The largest absolute Gasteiger partial charge is 0.355 e. The molecule has 4 nitrogen and oxygen atoms in total. The second-order valence-electron chi connectivity index (χ2n) is 5.02. The number of halogens is 2. The summed E-state index contributed by atoms with van der Waals surface area (Å²) < 4.78 is 13.9. The van der Waals surface area contributed by atoms with Gasteiger partial charge in [-0.15, -0.1) is 0 Å². The highest BCUT2D eigenvalue weighted by Crippen LogP contribution is 2.20. The van der Waals surface area contributed by atoms with E-state index in [4.69, 9.17) is 0 Å². The van der Waals surface area contributed by atoms with Crippen LogP contribution in [0.1, 0.15) is 10.5 Å². The average molecular weight is 386 g/mol. The number of anilines is 3. The molecule has 0 atom stereocenters. The quantitative estimate of drug-likeness (QED) is 0.665. The first-order valence-electron chi connectivity index (χ1n) is 7.16. The maximum Gasteiger partial charge on any atom is 0.274 e. The molecule has 1 amide bonds. The highest BCUT2D eigenvalue weighted by atomic mass is 79.9. The fraction of sp³-hybridized carbons (Fsp3) is 0. The van der Waals surface area contributed by atoms with E-state index in [1.165, 1.54) is 24.3 Å². The molecule has 0 saturated carbocycles. The Labute approximate surface area is 146 Å². The number of nitrogens with one attached hydrogen (secondary N) is 2. The van der Waals surface area contributed by atoms with Crippen LogP contribution in [0, 0.1) is 5.82 Å². The van der Waals surface area contributed by atoms with Crippen LogP contribution in [0.15, 0.2) is 71.3 Å². The molecular formula is C18H13BrFN3O. The van der Waals surface area contributed by atoms with Crippen molar-refractivity contribution in [2.45, 2.75) is 0 Å². The second-order valence-corrected chi connectivity index (χ2v) is 5.94. The molecule has 1 aromatic heterocycles. The lowest BCUT2D eigenvalue weighted by atomic mass is 10.2. The van der Waals surface area contributed by atoms with Gasteiger partial charge in [0.2, 0.25) is 0 Å². The molecule has 3 rings (SSSR count). The van der Waals surface area contributed by atoms with Gasteiger partial charge in [-0.05, 0) is 60.7 Å². The number of rotatable bonds is 4. The van der Waals surface area contributed by atoms with E-state index in [9.17, 15) is 9.18 Å². The van der Waals surface area contributed by atoms with Gasteiger partial charge in [-0.1, -0.05) is 15.9 Å². The normalized spacial score (nSPS) is 10.2. The summed E-state index contributed by atoms with van der Waals surface area (Å²) >= 11 is 3.38. The van der Waals surface area contributed by atoms with Crippen LogP contribution in [-0.2, 0) is 0 Å². The molecule has 1 heterocycles. The monoisotopic (exact) mass is 385 g/mol. The summed E-state index contributed by atoms with van der Waals surface area (Å²) in [5.74, 6) is -0.715. The second kappa shape index (κ2) is 7.23. The van der Waals surface area contributed by atoms with Crippen LogP contribution < -0.4 is 10.6 Å².